The van der Waals surface area contributed by atoms with Crippen LogP contribution in [0, 0.1) is 0 Å². The largest absolute Gasteiger partial charge is 0.454 e. The summed E-state index contributed by atoms with van der Waals surface area (Å²) >= 11 is 0. The molecule has 2 unspecified atom stereocenters. The normalized spacial score (nSPS) is 20.5. The van der Waals surface area contributed by atoms with E-state index in [-0.39, 0.29) is 13.3 Å². The second-order valence-corrected chi connectivity index (χ2v) is 8.59. The van der Waals surface area contributed by atoms with Crippen molar-refractivity contribution in [3.63, 3.8) is 0 Å². The Morgan fingerprint density at radius 1 is 1.09 bits per heavy atom. The molecule has 2 heterocycles. The van der Waals surface area contributed by atoms with Crippen LogP contribution in [-0.4, -0.2) is 35.6 Å². The van der Waals surface area contributed by atoms with Gasteiger partial charge in [-0.2, -0.15) is 0 Å². The number of hydrogen-bond acceptors (Lipinski definition) is 5. The Morgan fingerprint density at radius 3 is 2.47 bits per heavy atom. The summed E-state index contributed by atoms with van der Waals surface area (Å²) in [6.45, 7) is 7.79. The van der Waals surface area contributed by atoms with Crippen molar-refractivity contribution in [2.75, 3.05) is 6.79 Å². The summed E-state index contributed by atoms with van der Waals surface area (Å²) in [7, 11) is 0. The van der Waals surface area contributed by atoms with Crippen LogP contribution in [0.3, 0.4) is 0 Å². The lowest BCUT2D eigenvalue weighted by Crippen LogP contribution is -2.49. The Kier molecular flexibility index (Phi) is 5.54. The third-order valence-corrected chi connectivity index (χ3v) is 6.05. The van der Waals surface area contributed by atoms with Gasteiger partial charge < -0.3 is 20.1 Å². The minimum Gasteiger partial charge on any atom is -0.454 e. The highest BCUT2D eigenvalue weighted by atomic mass is 16.7. The van der Waals surface area contributed by atoms with Crippen LogP contribution in [0.25, 0.3) is 0 Å². The summed E-state index contributed by atoms with van der Waals surface area (Å²) in [6.07, 6.45) is 0. The smallest absolute Gasteiger partial charge is 0.326 e. The molecule has 2 aromatic carbocycles. The average molecular weight is 437 g/mol. The molecule has 8 heteroatoms. The van der Waals surface area contributed by atoms with E-state index in [1.165, 1.54) is 0 Å². The van der Waals surface area contributed by atoms with Crippen molar-refractivity contribution in [2.45, 2.75) is 51.7 Å². The van der Waals surface area contributed by atoms with Crippen molar-refractivity contribution in [2.24, 2.45) is 0 Å². The van der Waals surface area contributed by atoms with E-state index >= 15 is 0 Å². The molecular weight excluding hydrogens is 410 g/mol. The zero-order valence-electron chi connectivity index (χ0n) is 18.6. The van der Waals surface area contributed by atoms with E-state index in [1.807, 2.05) is 30.3 Å². The number of imide groups is 1. The van der Waals surface area contributed by atoms with Gasteiger partial charge in [0.25, 0.3) is 5.91 Å². The fraction of sp³-hybridized carbons (Fsp3) is 0.375. The number of carbonyl (C=O) groups excluding carboxylic acids is 3. The fourth-order valence-electron chi connectivity index (χ4n) is 3.91. The summed E-state index contributed by atoms with van der Waals surface area (Å²) in [5, 5.41) is 5.55. The van der Waals surface area contributed by atoms with E-state index in [1.54, 1.807) is 26.0 Å². The zero-order chi connectivity index (χ0) is 23.0. The molecule has 0 radical (unpaired) electrons. The van der Waals surface area contributed by atoms with Gasteiger partial charge in [-0.25, -0.2) is 9.69 Å². The Morgan fingerprint density at radius 2 is 1.78 bits per heavy atom. The molecule has 2 atom stereocenters. The van der Waals surface area contributed by atoms with Gasteiger partial charge in [0.15, 0.2) is 11.5 Å². The van der Waals surface area contributed by atoms with Crippen molar-refractivity contribution in [1.29, 1.82) is 0 Å². The standard InChI is InChI=1S/C24H27N3O5/c1-14(2)17-6-8-18(9-7-17)24(4)22(29)27(23(30)26-24)15(3)21(28)25-12-16-5-10-19-20(11-16)32-13-31-19/h5-11,14-15H,12-13H2,1-4H3,(H,25,28)(H,26,30). The second-order valence-electron chi connectivity index (χ2n) is 8.59. The van der Waals surface area contributed by atoms with Gasteiger partial charge in [0.2, 0.25) is 12.7 Å². The van der Waals surface area contributed by atoms with Crippen LogP contribution in [0.4, 0.5) is 4.79 Å². The van der Waals surface area contributed by atoms with Gasteiger partial charge in [-0.1, -0.05) is 44.2 Å². The van der Waals surface area contributed by atoms with Gasteiger partial charge in [0.05, 0.1) is 0 Å². The maximum absolute atomic E-state index is 13.2. The number of fused-ring (bicyclic) bond motifs is 1. The second kappa shape index (κ2) is 8.18. The van der Waals surface area contributed by atoms with Crippen LogP contribution in [-0.2, 0) is 21.7 Å². The summed E-state index contributed by atoms with van der Waals surface area (Å²) in [4.78, 5) is 39.7. The molecule has 4 amide bonds. The number of benzene rings is 2. The van der Waals surface area contributed by atoms with Crippen molar-refractivity contribution < 1.29 is 23.9 Å². The van der Waals surface area contributed by atoms with E-state index in [9.17, 15) is 14.4 Å². The van der Waals surface area contributed by atoms with E-state index in [2.05, 4.69) is 24.5 Å². The topological polar surface area (TPSA) is 97.0 Å². The highest BCUT2D eigenvalue weighted by molar-refractivity contribution is 6.09. The van der Waals surface area contributed by atoms with E-state index in [4.69, 9.17) is 9.47 Å². The van der Waals surface area contributed by atoms with Gasteiger partial charge in [0.1, 0.15) is 11.6 Å². The van der Waals surface area contributed by atoms with E-state index < -0.39 is 29.4 Å². The van der Waals surface area contributed by atoms with Gasteiger partial charge in [-0.15, -0.1) is 0 Å². The zero-order valence-corrected chi connectivity index (χ0v) is 18.6. The first-order valence-electron chi connectivity index (χ1n) is 10.6. The van der Waals surface area contributed by atoms with Crippen LogP contribution in [0.2, 0.25) is 0 Å². The van der Waals surface area contributed by atoms with Gasteiger partial charge >= 0.3 is 6.03 Å². The molecule has 32 heavy (non-hydrogen) atoms. The lowest BCUT2D eigenvalue weighted by atomic mass is 9.90. The van der Waals surface area contributed by atoms with E-state index in [0.717, 1.165) is 16.0 Å². The van der Waals surface area contributed by atoms with Crippen LogP contribution in [0.15, 0.2) is 42.5 Å². The van der Waals surface area contributed by atoms with Crippen molar-refractivity contribution in [1.82, 2.24) is 15.5 Å². The number of amides is 4. The van der Waals surface area contributed by atoms with Gasteiger partial charge in [-0.05, 0) is 48.6 Å². The van der Waals surface area contributed by atoms with Crippen molar-refractivity contribution in [3.05, 3.63) is 59.2 Å². The molecule has 4 rings (SSSR count). The molecule has 2 aliphatic rings. The lowest BCUT2D eigenvalue weighted by molar-refractivity contribution is -0.137. The van der Waals surface area contributed by atoms with Crippen LogP contribution >= 0.6 is 0 Å². The molecule has 1 saturated heterocycles. The van der Waals surface area contributed by atoms with Gasteiger partial charge in [-0.3, -0.25) is 9.59 Å². The van der Waals surface area contributed by atoms with Crippen LogP contribution < -0.4 is 20.1 Å². The Bertz CT molecular complexity index is 1070. The highest BCUT2D eigenvalue weighted by Crippen LogP contribution is 2.33. The predicted molar refractivity (Wildman–Crippen MR) is 117 cm³/mol. The predicted octanol–water partition coefficient (Wildman–Crippen LogP) is 3.01. The maximum atomic E-state index is 13.2. The Hall–Kier alpha value is -3.55. The maximum Gasteiger partial charge on any atom is 0.326 e. The molecule has 2 aliphatic heterocycles. The molecule has 0 aromatic heterocycles. The Balaban J connectivity index is 1.44. The van der Waals surface area contributed by atoms with Crippen LogP contribution in [0.5, 0.6) is 11.5 Å². The number of nitrogens with zero attached hydrogens (tertiary/aromatic N) is 1. The molecule has 0 spiro atoms. The molecule has 0 saturated carbocycles. The summed E-state index contributed by atoms with van der Waals surface area (Å²) < 4.78 is 10.6. The molecule has 2 aromatic rings. The van der Waals surface area contributed by atoms with Crippen molar-refractivity contribution >= 4 is 17.8 Å². The quantitative estimate of drug-likeness (QED) is 0.677. The molecular formula is C24H27N3O5. The fourth-order valence-corrected chi connectivity index (χ4v) is 3.91. The third-order valence-electron chi connectivity index (χ3n) is 6.05. The summed E-state index contributed by atoms with van der Waals surface area (Å²) in [6, 6.07) is 11.4. The molecule has 168 valence electrons. The van der Waals surface area contributed by atoms with Crippen LogP contribution in [0.1, 0.15) is 50.3 Å². The third kappa shape index (κ3) is 3.77. The molecule has 0 aliphatic carbocycles. The number of carbonyl (C=O) groups is 3. The summed E-state index contributed by atoms with van der Waals surface area (Å²) in [5.74, 6) is 0.762. The first kappa shape index (κ1) is 21.7. The first-order chi connectivity index (χ1) is 15.2. The summed E-state index contributed by atoms with van der Waals surface area (Å²) in [5.41, 5.74) is 1.42. The average Bonchev–Trinajstić information content (AvgIpc) is 3.33. The number of rotatable bonds is 6. The number of nitrogens with one attached hydrogen (secondary N) is 2. The molecule has 8 nitrogen and oxygen atoms in total. The number of hydrogen-bond donors (Lipinski definition) is 2. The SMILES string of the molecule is CC(C)c1ccc(C2(C)NC(=O)N(C(C)C(=O)NCc3ccc4c(c3)OCO4)C2=O)cc1. The van der Waals surface area contributed by atoms with Crippen molar-refractivity contribution in [3.8, 4) is 11.5 Å². The minimum atomic E-state index is -1.22. The van der Waals surface area contributed by atoms with Gasteiger partial charge in [0, 0.05) is 6.54 Å². The molecule has 0 bridgehead atoms. The molecule has 1 fully saturated rings. The monoisotopic (exact) mass is 437 g/mol. The molecule has 2 N–H and O–H groups in total. The Labute approximate surface area is 186 Å². The number of ether oxygens (including phenoxy) is 2. The minimum absolute atomic E-state index is 0.174. The lowest BCUT2D eigenvalue weighted by Gasteiger charge is -2.25. The highest BCUT2D eigenvalue weighted by Gasteiger charge is 2.51. The first-order valence-corrected chi connectivity index (χ1v) is 10.6. The number of urea groups is 1. The van der Waals surface area contributed by atoms with E-state index in [0.29, 0.717) is 23.0 Å².